The van der Waals surface area contributed by atoms with E-state index in [1.54, 1.807) is 0 Å². The summed E-state index contributed by atoms with van der Waals surface area (Å²) >= 11 is 0. The van der Waals surface area contributed by atoms with E-state index in [-0.39, 0.29) is 18.1 Å². The van der Waals surface area contributed by atoms with Gasteiger partial charge in [-0.05, 0) is 38.7 Å². The molecule has 3 atom stereocenters. The van der Waals surface area contributed by atoms with Crippen LogP contribution in [-0.4, -0.2) is 18.1 Å². The molecule has 1 saturated carbocycles. The van der Waals surface area contributed by atoms with Gasteiger partial charge in [0.15, 0.2) is 0 Å². The van der Waals surface area contributed by atoms with Crippen LogP contribution in [0, 0.1) is 5.92 Å². The number of carbonyl (C=O) groups excluding carboxylic acids is 1. The number of fused-ring (bicyclic) bond motifs is 1. The molecule has 0 spiro atoms. The summed E-state index contributed by atoms with van der Waals surface area (Å²) in [5.41, 5.74) is 1.83. The van der Waals surface area contributed by atoms with Gasteiger partial charge < -0.3 is 10.1 Å². The molecule has 3 heteroatoms. The zero-order chi connectivity index (χ0) is 13.6. The second kappa shape index (κ2) is 4.55. The molecular formula is C16H21NO2. The summed E-state index contributed by atoms with van der Waals surface area (Å²) in [5, 5.41) is 3.10. The quantitative estimate of drug-likeness (QED) is 0.905. The average molecular weight is 259 g/mol. The molecule has 0 bridgehead atoms. The summed E-state index contributed by atoms with van der Waals surface area (Å²) in [6, 6.07) is 6.14. The first-order valence-corrected chi connectivity index (χ1v) is 7.18. The third kappa shape index (κ3) is 2.22. The number of rotatable bonds is 3. The normalized spacial score (nSPS) is 26.5. The van der Waals surface area contributed by atoms with E-state index in [0.29, 0.717) is 17.4 Å². The van der Waals surface area contributed by atoms with E-state index in [9.17, 15) is 4.79 Å². The van der Waals surface area contributed by atoms with E-state index in [4.69, 9.17) is 4.74 Å². The van der Waals surface area contributed by atoms with Gasteiger partial charge in [-0.25, -0.2) is 0 Å². The van der Waals surface area contributed by atoms with Crippen LogP contribution in [-0.2, 0) is 0 Å². The molecule has 2 aliphatic rings. The van der Waals surface area contributed by atoms with E-state index < -0.39 is 0 Å². The highest BCUT2D eigenvalue weighted by Crippen LogP contribution is 2.40. The Hall–Kier alpha value is -1.51. The topological polar surface area (TPSA) is 38.3 Å². The monoisotopic (exact) mass is 259 g/mol. The molecule has 102 valence electrons. The predicted molar refractivity (Wildman–Crippen MR) is 74.6 cm³/mol. The minimum absolute atomic E-state index is 0.00227. The lowest BCUT2D eigenvalue weighted by Gasteiger charge is -2.14. The third-order valence-corrected chi connectivity index (χ3v) is 4.48. The molecule has 1 aromatic rings. The maximum absolute atomic E-state index is 12.4. The first kappa shape index (κ1) is 12.5. The molecule has 1 aliphatic heterocycles. The number of para-hydroxylation sites is 1. The molecule has 1 fully saturated rings. The summed E-state index contributed by atoms with van der Waals surface area (Å²) in [4.78, 5) is 12.4. The van der Waals surface area contributed by atoms with Crippen molar-refractivity contribution in [1.29, 1.82) is 0 Å². The van der Waals surface area contributed by atoms with Crippen molar-refractivity contribution < 1.29 is 9.53 Å². The molecule has 0 radical (unpaired) electrons. The lowest BCUT2D eigenvalue weighted by atomic mass is 9.96. The van der Waals surface area contributed by atoms with Gasteiger partial charge in [0.2, 0.25) is 0 Å². The fourth-order valence-electron chi connectivity index (χ4n) is 2.76. The van der Waals surface area contributed by atoms with Gasteiger partial charge in [0.1, 0.15) is 11.9 Å². The van der Waals surface area contributed by atoms with Crippen LogP contribution in [0.1, 0.15) is 55.5 Å². The lowest BCUT2D eigenvalue weighted by molar-refractivity contribution is 0.0931. The van der Waals surface area contributed by atoms with Crippen molar-refractivity contribution in [1.82, 2.24) is 5.32 Å². The van der Waals surface area contributed by atoms with Gasteiger partial charge in [-0.3, -0.25) is 4.79 Å². The molecule has 3 nitrogen and oxygen atoms in total. The number of hydrogen-bond acceptors (Lipinski definition) is 2. The van der Waals surface area contributed by atoms with E-state index in [0.717, 1.165) is 11.3 Å². The molecule has 0 saturated heterocycles. The Morgan fingerprint density at radius 3 is 2.79 bits per heavy atom. The Balaban J connectivity index is 1.83. The first-order valence-electron chi connectivity index (χ1n) is 7.18. The first-order chi connectivity index (χ1) is 9.08. The second-order valence-corrected chi connectivity index (χ2v) is 5.94. The lowest BCUT2D eigenvalue weighted by Crippen LogP contribution is -2.34. The van der Waals surface area contributed by atoms with Gasteiger partial charge in [-0.15, -0.1) is 0 Å². The molecule has 1 heterocycles. The molecule has 1 amide bonds. The minimum Gasteiger partial charge on any atom is -0.489 e. The number of hydrogen-bond donors (Lipinski definition) is 1. The summed E-state index contributed by atoms with van der Waals surface area (Å²) in [6.45, 7) is 6.29. The number of benzene rings is 1. The van der Waals surface area contributed by atoms with Gasteiger partial charge >= 0.3 is 0 Å². The van der Waals surface area contributed by atoms with Crippen LogP contribution in [0.25, 0.3) is 0 Å². The van der Waals surface area contributed by atoms with Crippen molar-refractivity contribution in [3.8, 4) is 5.75 Å². The van der Waals surface area contributed by atoms with E-state index in [1.165, 1.54) is 12.8 Å². The van der Waals surface area contributed by atoms with Crippen LogP contribution >= 0.6 is 0 Å². The molecule has 19 heavy (non-hydrogen) atoms. The van der Waals surface area contributed by atoms with Crippen molar-refractivity contribution in [2.24, 2.45) is 5.92 Å². The highest BCUT2D eigenvalue weighted by atomic mass is 16.5. The Morgan fingerprint density at radius 2 is 2.11 bits per heavy atom. The van der Waals surface area contributed by atoms with Crippen LogP contribution in [0.3, 0.4) is 0 Å². The zero-order valence-electron chi connectivity index (χ0n) is 11.8. The van der Waals surface area contributed by atoms with Gasteiger partial charge in [0.05, 0.1) is 5.56 Å². The molecule has 3 rings (SSSR count). The fraction of sp³-hybridized carbons (Fsp3) is 0.562. The van der Waals surface area contributed by atoms with Crippen LogP contribution in [0.4, 0.5) is 0 Å². The summed E-state index contributed by atoms with van der Waals surface area (Å²) in [6.07, 6.45) is 2.61. The molecule has 0 aromatic heterocycles. The number of nitrogens with one attached hydrogen (secondary N) is 1. The highest BCUT2D eigenvalue weighted by molar-refractivity contribution is 5.97. The van der Waals surface area contributed by atoms with Crippen LogP contribution in [0.5, 0.6) is 5.75 Å². The molecule has 1 aliphatic carbocycles. The number of carbonyl (C=O) groups is 1. The Kier molecular flexibility index (Phi) is 3.00. The van der Waals surface area contributed by atoms with E-state index >= 15 is 0 Å². The number of ether oxygens (including phenoxy) is 1. The summed E-state index contributed by atoms with van der Waals surface area (Å²) in [5.74, 6) is 1.80. The van der Waals surface area contributed by atoms with Crippen molar-refractivity contribution in [3.63, 3.8) is 0 Å². The Morgan fingerprint density at radius 1 is 1.37 bits per heavy atom. The maximum Gasteiger partial charge on any atom is 0.255 e. The Bertz CT molecular complexity index is 507. The molecule has 0 unspecified atom stereocenters. The minimum atomic E-state index is -0.00227. The third-order valence-electron chi connectivity index (χ3n) is 4.48. The van der Waals surface area contributed by atoms with Crippen molar-refractivity contribution in [2.75, 3.05) is 0 Å². The Labute approximate surface area is 114 Å². The standard InChI is InChI=1S/C16H21NO2/c1-9-11(3)19-15-13(9)5-4-6-14(15)16(18)17-10(2)12-7-8-12/h4-6,9-12H,7-8H2,1-3H3,(H,17,18)/t9-,10-,11-/m0/s1. The second-order valence-electron chi connectivity index (χ2n) is 5.94. The zero-order valence-corrected chi connectivity index (χ0v) is 11.8. The predicted octanol–water partition coefficient (Wildman–Crippen LogP) is 3.10. The van der Waals surface area contributed by atoms with Crippen LogP contribution < -0.4 is 10.1 Å². The van der Waals surface area contributed by atoms with E-state index in [2.05, 4.69) is 32.2 Å². The summed E-state index contributed by atoms with van der Waals surface area (Å²) < 4.78 is 5.87. The average Bonchev–Trinajstić information content (AvgIpc) is 3.18. The van der Waals surface area contributed by atoms with Crippen molar-refractivity contribution in [2.45, 2.75) is 51.7 Å². The van der Waals surface area contributed by atoms with Gasteiger partial charge in [0.25, 0.3) is 5.91 Å². The van der Waals surface area contributed by atoms with Gasteiger partial charge in [0, 0.05) is 17.5 Å². The maximum atomic E-state index is 12.4. The molecule has 1 aromatic carbocycles. The fourth-order valence-corrected chi connectivity index (χ4v) is 2.76. The molecule has 1 N–H and O–H groups in total. The van der Waals surface area contributed by atoms with E-state index in [1.807, 2.05) is 12.1 Å². The van der Waals surface area contributed by atoms with Gasteiger partial charge in [-0.2, -0.15) is 0 Å². The number of amides is 1. The summed E-state index contributed by atoms with van der Waals surface area (Å²) in [7, 11) is 0. The smallest absolute Gasteiger partial charge is 0.255 e. The SMILES string of the molecule is C[C@H](NC(=O)c1cccc2c1O[C@@H](C)[C@@H]2C)C1CC1. The largest absolute Gasteiger partial charge is 0.489 e. The van der Waals surface area contributed by atoms with Crippen molar-refractivity contribution in [3.05, 3.63) is 29.3 Å². The van der Waals surface area contributed by atoms with Crippen LogP contribution in [0.2, 0.25) is 0 Å². The molecular weight excluding hydrogens is 238 g/mol. The van der Waals surface area contributed by atoms with Crippen molar-refractivity contribution >= 4 is 5.91 Å². The highest BCUT2D eigenvalue weighted by Gasteiger charge is 2.33. The van der Waals surface area contributed by atoms with Crippen LogP contribution in [0.15, 0.2) is 18.2 Å². The van der Waals surface area contributed by atoms with Gasteiger partial charge in [-0.1, -0.05) is 19.1 Å².